The second-order valence-corrected chi connectivity index (χ2v) is 16.2. The van der Waals surface area contributed by atoms with E-state index in [1.54, 1.807) is 0 Å². The summed E-state index contributed by atoms with van der Waals surface area (Å²) in [5, 5.41) is 5.43. The first kappa shape index (κ1) is 34.3. The van der Waals surface area contributed by atoms with Crippen LogP contribution in [0.25, 0.3) is 111 Å². The van der Waals surface area contributed by atoms with Crippen LogP contribution in [0.2, 0.25) is 0 Å². The van der Waals surface area contributed by atoms with Crippen LogP contribution in [0, 0.1) is 0 Å². The number of hydrogen-bond donors (Lipinski definition) is 0. The molecule has 1 aliphatic carbocycles. The molecule has 11 aromatic rings. The van der Waals surface area contributed by atoms with Crippen molar-refractivity contribution in [3.05, 3.63) is 193 Å². The average molecular weight is 769 g/mol. The van der Waals surface area contributed by atoms with Crippen molar-refractivity contribution in [1.82, 2.24) is 19.9 Å². The van der Waals surface area contributed by atoms with E-state index in [0.29, 0.717) is 17.5 Å². The summed E-state index contributed by atoms with van der Waals surface area (Å²) in [4.78, 5) is 20.6. The highest BCUT2D eigenvalue weighted by atomic mass is 16.3. The number of benzene rings is 8. The van der Waals surface area contributed by atoms with E-state index in [1.165, 1.54) is 22.3 Å². The van der Waals surface area contributed by atoms with E-state index in [9.17, 15) is 0 Å². The van der Waals surface area contributed by atoms with Crippen molar-refractivity contribution >= 4 is 43.6 Å². The summed E-state index contributed by atoms with van der Waals surface area (Å²) in [6, 6.07) is 63.8. The van der Waals surface area contributed by atoms with Crippen molar-refractivity contribution in [2.45, 2.75) is 19.3 Å². The SMILES string of the molecule is CC1(C)c2ccccc2-c2ccc(-c3nc(-c4ccccc4)nc(-c4ccc(-c5ccc(-c6nc7c8ccccc8oc7c7ccccc67)c6ccccc56)cc4)n3)cc21. The molecular formula is C55H36N4O. The van der Waals surface area contributed by atoms with Gasteiger partial charge >= 0.3 is 0 Å². The van der Waals surface area contributed by atoms with Gasteiger partial charge in [0, 0.05) is 43.8 Å². The smallest absolute Gasteiger partial charge is 0.164 e. The second-order valence-electron chi connectivity index (χ2n) is 16.2. The molecule has 282 valence electrons. The number of rotatable bonds is 5. The summed E-state index contributed by atoms with van der Waals surface area (Å²) in [6.45, 7) is 4.60. The Kier molecular flexibility index (Phi) is 7.51. The van der Waals surface area contributed by atoms with Crippen LogP contribution in [-0.2, 0) is 5.41 Å². The molecule has 0 fully saturated rings. The minimum Gasteiger partial charge on any atom is -0.454 e. The maximum Gasteiger partial charge on any atom is 0.164 e. The first-order valence-corrected chi connectivity index (χ1v) is 20.4. The first-order chi connectivity index (χ1) is 29.5. The monoisotopic (exact) mass is 768 g/mol. The van der Waals surface area contributed by atoms with E-state index >= 15 is 0 Å². The van der Waals surface area contributed by atoms with Gasteiger partial charge in [-0.15, -0.1) is 0 Å². The molecule has 3 aromatic heterocycles. The van der Waals surface area contributed by atoms with E-state index in [1.807, 2.05) is 36.4 Å². The quantitative estimate of drug-likeness (QED) is 0.174. The highest BCUT2D eigenvalue weighted by Gasteiger charge is 2.35. The summed E-state index contributed by atoms with van der Waals surface area (Å²) in [5.74, 6) is 1.93. The zero-order valence-corrected chi connectivity index (χ0v) is 33.0. The van der Waals surface area contributed by atoms with Crippen LogP contribution in [0.1, 0.15) is 25.0 Å². The van der Waals surface area contributed by atoms with Gasteiger partial charge in [-0.2, -0.15) is 0 Å². The fourth-order valence-electron chi connectivity index (χ4n) is 9.34. The molecule has 3 heterocycles. The van der Waals surface area contributed by atoms with Gasteiger partial charge in [0.25, 0.3) is 0 Å². The molecule has 12 rings (SSSR count). The predicted molar refractivity (Wildman–Crippen MR) is 245 cm³/mol. The zero-order valence-electron chi connectivity index (χ0n) is 33.0. The van der Waals surface area contributed by atoms with Gasteiger partial charge in [-0.25, -0.2) is 19.9 Å². The van der Waals surface area contributed by atoms with Gasteiger partial charge in [-0.3, -0.25) is 0 Å². The lowest BCUT2D eigenvalue weighted by molar-refractivity contribution is 0.660. The molecule has 0 unspecified atom stereocenters. The molecule has 0 bridgehead atoms. The largest absolute Gasteiger partial charge is 0.454 e. The summed E-state index contributed by atoms with van der Waals surface area (Å²) < 4.78 is 6.38. The van der Waals surface area contributed by atoms with Gasteiger partial charge in [-0.1, -0.05) is 178 Å². The molecule has 0 saturated heterocycles. The van der Waals surface area contributed by atoms with Crippen molar-refractivity contribution in [3.63, 3.8) is 0 Å². The number of hydrogen-bond acceptors (Lipinski definition) is 5. The summed E-state index contributed by atoms with van der Waals surface area (Å²) in [7, 11) is 0. The molecule has 60 heavy (non-hydrogen) atoms. The molecule has 8 aromatic carbocycles. The summed E-state index contributed by atoms with van der Waals surface area (Å²) in [6.07, 6.45) is 0. The van der Waals surface area contributed by atoms with Gasteiger partial charge in [0.1, 0.15) is 11.1 Å². The number of nitrogens with zero attached hydrogens (tertiary/aromatic N) is 4. The third-order valence-electron chi connectivity index (χ3n) is 12.4. The maximum atomic E-state index is 6.38. The topological polar surface area (TPSA) is 64.7 Å². The highest BCUT2D eigenvalue weighted by molar-refractivity contribution is 6.18. The van der Waals surface area contributed by atoms with Crippen LogP contribution in [0.5, 0.6) is 0 Å². The molecule has 0 saturated carbocycles. The lowest BCUT2D eigenvalue weighted by atomic mass is 9.82. The molecule has 0 atom stereocenters. The third kappa shape index (κ3) is 5.26. The van der Waals surface area contributed by atoms with E-state index < -0.39 is 0 Å². The lowest BCUT2D eigenvalue weighted by Crippen LogP contribution is -2.15. The molecule has 0 spiro atoms. The Bertz CT molecular complexity index is 3510. The second kappa shape index (κ2) is 13.1. The maximum absolute atomic E-state index is 6.38. The number of aromatic nitrogens is 4. The number of furan rings is 1. The van der Waals surface area contributed by atoms with Gasteiger partial charge in [0.15, 0.2) is 23.1 Å². The molecule has 0 aliphatic heterocycles. The Morgan fingerprint density at radius 1 is 0.367 bits per heavy atom. The zero-order chi connectivity index (χ0) is 40.0. The van der Waals surface area contributed by atoms with Crippen molar-refractivity contribution in [3.8, 4) is 67.7 Å². The van der Waals surface area contributed by atoms with Crippen molar-refractivity contribution in [2.75, 3.05) is 0 Å². The Morgan fingerprint density at radius 3 is 1.65 bits per heavy atom. The minimum absolute atomic E-state index is 0.134. The van der Waals surface area contributed by atoms with Gasteiger partial charge in [0.2, 0.25) is 0 Å². The van der Waals surface area contributed by atoms with Crippen LogP contribution in [0.15, 0.2) is 186 Å². The van der Waals surface area contributed by atoms with E-state index in [0.717, 1.165) is 82.7 Å². The first-order valence-electron chi connectivity index (χ1n) is 20.4. The van der Waals surface area contributed by atoms with E-state index in [2.05, 4.69) is 159 Å². The number of para-hydroxylation sites is 1. The van der Waals surface area contributed by atoms with Crippen molar-refractivity contribution in [2.24, 2.45) is 0 Å². The normalized spacial score (nSPS) is 13.0. The van der Waals surface area contributed by atoms with Crippen molar-refractivity contribution in [1.29, 1.82) is 0 Å². The van der Waals surface area contributed by atoms with Crippen LogP contribution < -0.4 is 0 Å². The molecule has 0 radical (unpaired) electrons. The average Bonchev–Trinajstić information content (AvgIpc) is 3.80. The standard InChI is InChI=1S/C55H36N4O/c1-55(2)46-22-12-10-18-40(46)41-29-28-36(32-47(41)55)54-58-52(34-14-4-3-5-15-34)57-53(59-54)35-26-24-33(25-27-35)37-30-31-43(39-17-7-6-16-38(37)39)49-42-19-8-9-20-44(42)51-50(56-49)45-21-11-13-23-48(45)60-51/h3-32H,1-2H3. The van der Waals surface area contributed by atoms with Crippen LogP contribution in [-0.4, -0.2) is 19.9 Å². The third-order valence-corrected chi connectivity index (χ3v) is 12.4. The molecule has 5 heteroatoms. The molecule has 0 amide bonds. The molecule has 1 aliphatic rings. The fourth-order valence-corrected chi connectivity index (χ4v) is 9.34. The number of fused-ring (bicyclic) bond motifs is 9. The predicted octanol–water partition coefficient (Wildman–Crippen LogP) is 14.1. The highest BCUT2D eigenvalue weighted by Crippen LogP contribution is 2.49. The Morgan fingerprint density at radius 2 is 0.883 bits per heavy atom. The van der Waals surface area contributed by atoms with Gasteiger partial charge < -0.3 is 4.42 Å². The summed E-state index contributed by atoms with van der Waals surface area (Å²) in [5.41, 5.74) is 14.7. The fraction of sp³-hybridized carbons (Fsp3) is 0.0545. The Hall–Kier alpha value is -7.76. The van der Waals surface area contributed by atoms with Gasteiger partial charge in [0.05, 0.1) is 5.69 Å². The molecule has 0 N–H and O–H groups in total. The Balaban J connectivity index is 0.959. The van der Waals surface area contributed by atoms with Crippen LogP contribution >= 0.6 is 0 Å². The van der Waals surface area contributed by atoms with E-state index in [4.69, 9.17) is 24.4 Å². The van der Waals surface area contributed by atoms with E-state index in [-0.39, 0.29) is 5.41 Å². The lowest BCUT2D eigenvalue weighted by Gasteiger charge is -2.21. The van der Waals surface area contributed by atoms with Crippen LogP contribution in [0.3, 0.4) is 0 Å². The Labute approximate surface area is 346 Å². The van der Waals surface area contributed by atoms with Gasteiger partial charge in [-0.05, 0) is 62.4 Å². The molecule has 5 nitrogen and oxygen atoms in total. The molecular weight excluding hydrogens is 733 g/mol. The summed E-state index contributed by atoms with van der Waals surface area (Å²) >= 11 is 0. The number of pyridine rings is 1. The minimum atomic E-state index is -0.134. The van der Waals surface area contributed by atoms with Crippen LogP contribution in [0.4, 0.5) is 0 Å². The van der Waals surface area contributed by atoms with Crippen molar-refractivity contribution < 1.29 is 4.42 Å².